The Morgan fingerprint density at radius 3 is 2.12 bits per heavy atom. The smallest absolute Gasteiger partial charge is 0.162 e. The van der Waals surface area contributed by atoms with Crippen LogP contribution in [0.2, 0.25) is 0 Å². The maximum absolute atomic E-state index is 6.02. The summed E-state index contributed by atoms with van der Waals surface area (Å²) in [5.74, 6) is 4.51. The van der Waals surface area contributed by atoms with E-state index in [4.69, 9.17) is 18.9 Å². The van der Waals surface area contributed by atoms with Crippen molar-refractivity contribution in [2.24, 2.45) is 11.8 Å². The van der Waals surface area contributed by atoms with E-state index in [2.05, 4.69) is 54.7 Å². The molecule has 0 amide bonds. The number of hydrogen-bond acceptors (Lipinski definition) is 7. The van der Waals surface area contributed by atoms with Crippen LogP contribution in [-0.4, -0.2) is 44.4 Å². The molecule has 7 heteroatoms. The molecule has 0 fully saturated rings. The summed E-state index contributed by atoms with van der Waals surface area (Å²) < 4.78 is 22.5. The lowest BCUT2D eigenvalue weighted by molar-refractivity contribution is 0.256. The van der Waals surface area contributed by atoms with Gasteiger partial charge < -0.3 is 23.8 Å². The Bertz CT molecular complexity index is 1070. The normalized spacial score (nSPS) is 11.2. The fourth-order valence-electron chi connectivity index (χ4n) is 3.70. The van der Waals surface area contributed by atoms with E-state index in [0.29, 0.717) is 36.5 Å². The molecule has 0 aliphatic heterocycles. The highest BCUT2D eigenvalue weighted by Crippen LogP contribution is 2.36. The van der Waals surface area contributed by atoms with E-state index < -0.39 is 0 Å². The van der Waals surface area contributed by atoms with Gasteiger partial charge >= 0.3 is 0 Å². The first-order chi connectivity index (χ1) is 15.9. The number of hydrogen-bond donors (Lipinski definition) is 0. The minimum absolute atomic E-state index is 0.426. The average Bonchev–Trinajstić information content (AvgIpc) is 2.80. The molecule has 0 spiro atoms. The number of benzene rings is 2. The third kappa shape index (κ3) is 5.97. The first-order valence-corrected chi connectivity index (χ1v) is 11.3. The SMILES string of the molecule is COc1cc2ncnc(N(Cc3ccc(OC)c(OCC(C)C)c3)CC(C)C)c2cc1OC. The molecule has 0 unspecified atom stereocenters. The summed E-state index contributed by atoms with van der Waals surface area (Å²) in [4.78, 5) is 11.4. The fourth-order valence-corrected chi connectivity index (χ4v) is 3.70. The molecule has 0 saturated carbocycles. The van der Waals surface area contributed by atoms with Crippen LogP contribution in [0.15, 0.2) is 36.7 Å². The van der Waals surface area contributed by atoms with Gasteiger partial charge in [0.2, 0.25) is 0 Å². The van der Waals surface area contributed by atoms with Crippen LogP contribution in [0.1, 0.15) is 33.3 Å². The van der Waals surface area contributed by atoms with Gasteiger partial charge in [0.1, 0.15) is 12.1 Å². The maximum Gasteiger partial charge on any atom is 0.162 e. The highest BCUT2D eigenvalue weighted by atomic mass is 16.5. The third-order valence-corrected chi connectivity index (χ3v) is 5.18. The Morgan fingerprint density at radius 1 is 0.788 bits per heavy atom. The topological polar surface area (TPSA) is 65.9 Å². The lowest BCUT2D eigenvalue weighted by atomic mass is 10.1. The summed E-state index contributed by atoms with van der Waals surface area (Å²) in [6, 6.07) is 9.92. The Morgan fingerprint density at radius 2 is 1.48 bits per heavy atom. The number of ether oxygens (including phenoxy) is 4. The van der Waals surface area contributed by atoms with Crippen molar-refractivity contribution >= 4 is 16.7 Å². The molecule has 3 aromatic rings. The first kappa shape index (κ1) is 24.4. The van der Waals surface area contributed by atoms with Crippen LogP contribution >= 0.6 is 0 Å². The second-order valence-electron chi connectivity index (χ2n) is 8.89. The molecule has 0 bridgehead atoms. The van der Waals surface area contributed by atoms with Gasteiger partial charge in [0, 0.05) is 24.5 Å². The van der Waals surface area contributed by atoms with Gasteiger partial charge in [-0.05, 0) is 35.6 Å². The van der Waals surface area contributed by atoms with E-state index in [1.54, 1.807) is 27.7 Å². The molecular formula is C26H35N3O4. The second-order valence-corrected chi connectivity index (χ2v) is 8.89. The predicted molar refractivity (Wildman–Crippen MR) is 132 cm³/mol. The first-order valence-electron chi connectivity index (χ1n) is 11.3. The van der Waals surface area contributed by atoms with Crippen molar-refractivity contribution in [2.45, 2.75) is 34.2 Å². The van der Waals surface area contributed by atoms with Crippen LogP contribution in [0.25, 0.3) is 10.9 Å². The molecule has 7 nitrogen and oxygen atoms in total. The molecule has 0 aliphatic carbocycles. The fraction of sp³-hybridized carbons (Fsp3) is 0.462. The third-order valence-electron chi connectivity index (χ3n) is 5.18. The van der Waals surface area contributed by atoms with E-state index in [1.807, 2.05) is 18.2 Å². The van der Waals surface area contributed by atoms with E-state index in [9.17, 15) is 0 Å². The minimum Gasteiger partial charge on any atom is -0.493 e. The number of fused-ring (bicyclic) bond motifs is 1. The van der Waals surface area contributed by atoms with Gasteiger partial charge in [0.05, 0.1) is 33.5 Å². The molecule has 178 valence electrons. The van der Waals surface area contributed by atoms with Crippen LogP contribution in [0.3, 0.4) is 0 Å². The van der Waals surface area contributed by atoms with Crippen molar-refractivity contribution in [3.8, 4) is 23.0 Å². The standard InChI is InChI=1S/C26H35N3O4/c1-17(2)13-29(14-19-8-9-22(30-5)25(10-19)33-15-18(3)4)26-20-11-23(31-6)24(32-7)12-21(20)27-16-28-26/h8-12,16-18H,13-15H2,1-7H3. The number of rotatable bonds is 11. The van der Waals surface area contributed by atoms with Crippen LogP contribution < -0.4 is 23.8 Å². The summed E-state index contributed by atoms with van der Waals surface area (Å²) >= 11 is 0. The summed E-state index contributed by atoms with van der Waals surface area (Å²) in [5.41, 5.74) is 1.92. The van der Waals surface area contributed by atoms with Gasteiger partial charge in [-0.2, -0.15) is 0 Å². The molecule has 0 atom stereocenters. The number of nitrogens with zero attached hydrogens (tertiary/aromatic N) is 3. The van der Waals surface area contributed by atoms with Crippen LogP contribution in [0.5, 0.6) is 23.0 Å². The highest BCUT2D eigenvalue weighted by Gasteiger charge is 2.18. The van der Waals surface area contributed by atoms with Gasteiger partial charge in [-0.25, -0.2) is 9.97 Å². The molecule has 0 aliphatic rings. The largest absolute Gasteiger partial charge is 0.493 e. The highest BCUT2D eigenvalue weighted by molar-refractivity contribution is 5.92. The average molecular weight is 454 g/mol. The summed E-state index contributed by atoms with van der Waals surface area (Å²) in [7, 11) is 4.92. The lowest BCUT2D eigenvalue weighted by Crippen LogP contribution is -2.28. The van der Waals surface area contributed by atoms with Crippen LogP contribution in [0, 0.1) is 11.8 Å². The molecule has 1 heterocycles. The van der Waals surface area contributed by atoms with Gasteiger partial charge in [-0.3, -0.25) is 0 Å². The quantitative estimate of drug-likeness (QED) is 0.387. The van der Waals surface area contributed by atoms with E-state index in [1.165, 1.54) is 0 Å². The van der Waals surface area contributed by atoms with Crippen molar-refractivity contribution in [3.63, 3.8) is 0 Å². The lowest BCUT2D eigenvalue weighted by Gasteiger charge is -2.27. The Labute approximate surface area is 196 Å². The molecule has 1 aromatic heterocycles. The maximum atomic E-state index is 6.02. The zero-order valence-corrected chi connectivity index (χ0v) is 20.7. The summed E-state index contributed by atoms with van der Waals surface area (Å²) in [6.07, 6.45) is 1.60. The van der Waals surface area contributed by atoms with Crippen molar-refractivity contribution < 1.29 is 18.9 Å². The Balaban J connectivity index is 2.02. The molecular weight excluding hydrogens is 418 g/mol. The number of aromatic nitrogens is 2. The van der Waals surface area contributed by atoms with E-state index >= 15 is 0 Å². The molecule has 33 heavy (non-hydrogen) atoms. The summed E-state index contributed by atoms with van der Waals surface area (Å²) in [5, 5.41) is 0.917. The van der Waals surface area contributed by atoms with Crippen molar-refractivity contribution in [3.05, 3.63) is 42.2 Å². The zero-order chi connectivity index (χ0) is 24.0. The zero-order valence-electron chi connectivity index (χ0n) is 20.7. The number of anilines is 1. The van der Waals surface area contributed by atoms with Crippen molar-refractivity contribution in [1.82, 2.24) is 9.97 Å². The monoisotopic (exact) mass is 453 g/mol. The Hall–Kier alpha value is -3.22. The van der Waals surface area contributed by atoms with Gasteiger partial charge in [-0.1, -0.05) is 33.8 Å². The minimum atomic E-state index is 0.426. The van der Waals surface area contributed by atoms with E-state index in [-0.39, 0.29) is 0 Å². The molecule has 2 aromatic carbocycles. The molecule has 0 radical (unpaired) electrons. The van der Waals surface area contributed by atoms with Crippen molar-refractivity contribution in [2.75, 3.05) is 39.4 Å². The molecule has 0 N–H and O–H groups in total. The number of methoxy groups -OCH3 is 3. The second kappa shape index (κ2) is 11.1. The van der Waals surface area contributed by atoms with E-state index in [0.717, 1.165) is 40.3 Å². The summed E-state index contributed by atoms with van der Waals surface area (Å²) in [6.45, 7) is 10.8. The molecule has 0 saturated heterocycles. The van der Waals surface area contributed by atoms with Crippen LogP contribution in [-0.2, 0) is 6.54 Å². The van der Waals surface area contributed by atoms with Crippen LogP contribution in [0.4, 0.5) is 5.82 Å². The predicted octanol–water partition coefficient (Wildman–Crippen LogP) is 5.35. The van der Waals surface area contributed by atoms with Gasteiger partial charge in [-0.15, -0.1) is 0 Å². The Kier molecular flexibility index (Phi) is 8.20. The molecule has 3 rings (SSSR count). The van der Waals surface area contributed by atoms with Crippen molar-refractivity contribution in [1.29, 1.82) is 0 Å². The van der Waals surface area contributed by atoms with Gasteiger partial charge in [0.25, 0.3) is 0 Å². The van der Waals surface area contributed by atoms with Gasteiger partial charge in [0.15, 0.2) is 23.0 Å².